The summed E-state index contributed by atoms with van der Waals surface area (Å²) in [5.74, 6) is 0.782. The van der Waals surface area contributed by atoms with Gasteiger partial charge in [-0.15, -0.1) is 0 Å². The first-order valence-corrected chi connectivity index (χ1v) is 9.16. The van der Waals surface area contributed by atoms with Crippen molar-refractivity contribution in [1.82, 2.24) is 14.8 Å². The van der Waals surface area contributed by atoms with E-state index in [1.807, 2.05) is 54.6 Å². The SMILES string of the molecule is O=C(CCCOc1cccc2ccccc12)Nc1ccccc1-n1cncn1. The van der Waals surface area contributed by atoms with Crippen molar-refractivity contribution >= 4 is 22.4 Å². The second kappa shape index (κ2) is 8.35. The number of carbonyl (C=O) groups is 1. The van der Waals surface area contributed by atoms with Gasteiger partial charge in [-0.25, -0.2) is 9.67 Å². The van der Waals surface area contributed by atoms with Crippen molar-refractivity contribution in [3.63, 3.8) is 0 Å². The van der Waals surface area contributed by atoms with Gasteiger partial charge in [0.2, 0.25) is 5.91 Å². The van der Waals surface area contributed by atoms with Gasteiger partial charge in [0.1, 0.15) is 18.4 Å². The number of fused-ring (bicyclic) bond motifs is 1. The summed E-state index contributed by atoms with van der Waals surface area (Å²) in [4.78, 5) is 16.3. The maximum Gasteiger partial charge on any atom is 0.224 e. The Balaban J connectivity index is 1.32. The standard InChI is InChI=1S/C22H20N4O2/c27-22(25-19-10-3-4-11-20(19)26-16-23-15-24-26)13-6-14-28-21-12-5-8-17-7-1-2-9-18(17)21/h1-5,7-12,15-16H,6,13-14H2,(H,25,27). The molecular formula is C22H20N4O2. The van der Waals surface area contributed by atoms with Crippen LogP contribution in [-0.4, -0.2) is 27.3 Å². The normalized spacial score (nSPS) is 10.7. The summed E-state index contributed by atoms with van der Waals surface area (Å²) < 4.78 is 7.52. The van der Waals surface area contributed by atoms with Gasteiger partial charge in [-0.3, -0.25) is 4.79 Å². The minimum atomic E-state index is -0.0610. The highest BCUT2D eigenvalue weighted by atomic mass is 16.5. The molecule has 0 atom stereocenters. The van der Waals surface area contributed by atoms with E-state index in [9.17, 15) is 4.79 Å². The van der Waals surface area contributed by atoms with Crippen molar-refractivity contribution in [3.05, 3.63) is 79.4 Å². The van der Waals surface area contributed by atoms with Gasteiger partial charge in [-0.2, -0.15) is 5.10 Å². The Labute approximate surface area is 162 Å². The molecule has 1 aromatic heterocycles. The fourth-order valence-electron chi connectivity index (χ4n) is 3.06. The maximum absolute atomic E-state index is 12.3. The Morgan fingerprint density at radius 2 is 1.82 bits per heavy atom. The molecule has 6 nitrogen and oxygen atoms in total. The lowest BCUT2D eigenvalue weighted by atomic mass is 10.1. The van der Waals surface area contributed by atoms with Gasteiger partial charge in [-0.05, 0) is 30.0 Å². The molecule has 0 radical (unpaired) electrons. The summed E-state index contributed by atoms with van der Waals surface area (Å²) in [5.41, 5.74) is 1.48. The third-order valence-corrected chi connectivity index (χ3v) is 4.40. The number of aromatic nitrogens is 3. The molecule has 0 aliphatic heterocycles. The molecule has 0 spiro atoms. The number of nitrogens with one attached hydrogen (secondary N) is 1. The van der Waals surface area contributed by atoms with Crippen LogP contribution in [0.3, 0.4) is 0 Å². The highest BCUT2D eigenvalue weighted by Crippen LogP contribution is 2.25. The molecule has 28 heavy (non-hydrogen) atoms. The van der Waals surface area contributed by atoms with E-state index in [0.29, 0.717) is 25.1 Å². The first-order valence-electron chi connectivity index (χ1n) is 9.16. The lowest BCUT2D eigenvalue weighted by Gasteiger charge is -2.11. The van der Waals surface area contributed by atoms with Crippen molar-refractivity contribution in [2.45, 2.75) is 12.8 Å². The van der Waals surface area contributed by atoms with Gasteiger partial charge in [-0.1, -0.05) is 48.5 Å². The van der Waals surface area contributed by atoms with E-state index in [4.69, 9.17) is 4.74 Å². The Bertz CT molecular complexity index is 1070. The number of hydrogen-bond acceptors (Lipinski definition) is 4. The van der Waals surface area contributed by atoms with Gasteiger partial charge < -0.3 is 10.1 Å². The van der Waals surface area contributed by atoms with E-state index in [1.165, 1.54) is 6.33 Å². The fraction of sp³-hybridized carbons (Fsp3) is 0.136. The lowest BCUT2D eigenvalue weighted by Crippen LogP contribution is -2.14. The molecule has 1 amide bonds. The average molecular weight is 372 g/mol. The van der Waals surface area contributed by atoms with Gasteiger partial charge in [0.25, 0.3) is 0 Å². The van der Waals surface area contributed by atoms with E-state index < -0.39 is 0 Å². The number of amides is 1. The summed E-state index contributed by atoms with van der Waals surface area (Å²) in [6.07, 6.45) is 4.06. The molecule has 0 saturated carbocycles. The van der Waals surface area contributed by atoms with Crippen LogP contribution in [0.1, 0.15) is 12.8 Å². The van der Waals surface area contributed by atoms with Gasteiger partial charge in [0.05, 0.1) is 18.0 Å². The van der Waals surface area contributed by atoms with Crippen molar-refractivity contribution < 1.29 is 9.53 Å². The van der Waals surface area contributed by atoms with Crippen LogP contribution < -0.4 is 10.1 Å². The molecule has 6 heteroatoms. The van der Waals surface area contributed by atoms with E-state index in [0.717, 1.165) is 22.2 Å². The number of carbonyl (C=O) groups excluding carboxylic acids is 1. The van der Waals surface area contributed by atoms with Crippen LogP contribution in [0, 0.1) is 0 Å². The number of benzene rings is 3. The Kier molecular flexibility index (Phi) is 5.29. The predicted octanol–water partition coefficient (Wildman–Crippen LogP) is 4.22. The minimum absolute atomic E-state index is 0.0610. The number of para-hydroxylation sites is 2. The zero-order valence-electron chi connectivity index (χ0n) is 15.3. The molecule has 4 aromatic rings. The topological polar surface area (TPSA) is 69.0 Å². The van der Waals surface area contributed by atoms with Crippen molar-refractivity contribution in [1.29, 1.82) is 0 Å². The first kappa shape index (κ1) is 17.7. The van der Waals surface area contributed by atoms with Crippen molar-refractivity contribution in [2.24, 2.45) is 0 Å². The highest BCUT2D eigenvalue weighted by molar-refractivity contribution is 5.92. The van der Waals surface area contributed by atoms with Crippen LogP contribution >= 0.6 is 0 Å². The summed E-state index contributed by atoms with van der Waals surface area (Å²) in [7, 11) is 0. The largest absolute Gasteiger partial charge is 0.493 e. The quantitative estimate of drug-likeness (QED) is 0.493. The number of anilines is 1. The summed E-state index contributed by atoms with van der Waals surface area (Å²) in [5, 5.41) is 9.29. The van der Waals surface area contributed by atoms with Crippen molar-refractivity contribution in [3.8, 4) is 11.4 Å². The average Bonchev–Trinajstić information content (AvgIpc) is 3.26. The molecule has 4 rings (SSSR count). The van der Waals surface area contributed by atoms with Gasteiger partial charge in [0, 0.05) is 11.8 Å². The molecule has 0 aliphatic carbocycles. The molecule has 0 aliphatic rings. The second-order valence-corrected chi connectivity index (χ2v) is 6.33. The fourth-order valence-corrected chi connectivity index (χ4v) is 3.06. The third-order valence-electron chi connectivity index (χ3n) is 4.40. The predicted molar refractivity (Wildman–Crippen MR) is 109 cm³/mol. The Hall–Kier alpha value is -3.67. The molecule has 0 unspecified atom stereocenters. The molecule has 1 N–H and O–H groups in total. The zero-order valence-corrected chi connectivity index (χ0v) is 15.3. The summed E-state index contributed by atoms with van der Waals surface area (Å²) in [6, 6.07) is 21.6. The number of hydrogen-bond donors (Lipinski definition) is 1. The molecular weight excluding hydrogens is 352 g/mol. The number of rotatable bonds is 7. The van der Waals surface area contributed by atoms with Crippen LogP contribution in [0.5, 0.6) is 5.75 Å². The van der Waals surface area contributed by atoms with E-state index in [-0.39, 0.29) is 5.91 Å². The monoisotopic (exact) mass is 372 g/mol. The van der Waals surface area contributed by atoms with Crippen LogP contribution in [0.2, 0.25) is 0 Å². The molecule has 1 heterocycles. The zero-order chi connectivity index (χ0) is 19.2. The van der Waals surface area contributed by atoms with E-state index in [2.05, 4.69) is 27.5 Å². The summed E-state index contributed by atoms with van der Waals surface area (Å²) in [6.45, 7) is 0.478. The van der Waals surface area contributed by atoms with Gasteiger partial charge >= 0.3 is 0 Å². The second-order valence-electron chi connectivity index (χ2n) is 6.33. The van der Waals surface area contributed by atoms with Crippen LogP contribution in [0.4, 0.5) is 5.69 Å². The molecule has 0 bridgehead atoms. The van der Waals surface area contributed by atoms with E-state index in [1.54, 1.807) is 11.0 Å². The number of ether oxygens (including phenoxy) is 1. The Morgan fingerprint density at radius 1 is 1.00 bits per heavy atom. The third kappa shape index (κ3) is 4.01. The smallest absolute Gasteiger partial charge is 0.224 e. The van der Waals surface area contributed by atoms with Gasteiger partial charge in [0.15, 0.2) is 0 Å². The minimum Gasteiger partial charge on any atom is -0.493 e. The van der Waals surface area contributed by atoms with Crippen LogP contribution in [0.15, 0.2) is 79.4 Å². The summed E-state index contributed by atoms with van der Waals surface area (Å²) >= 11 is 0. The van der Waals surface area contributed by atoms with E-state index >= 15 is 0 Å². The molecule has 0 fully saturated rings. The van der Waals surface area contributed by atoms with Crippen LogP contribution in [-0.2, 0) is 4.79 Å². The first-order chi connectivity index (χ1) is 13.8. The highest BCUT2D eigenvalue weighted by Gasteiger charge is 2.09. The van der Waals surface area contributed by atoms with Crippen LogP contribution in [0.25, 0.3) is 16.5 Å². The molecule has 0 saturated heterocycles. The molecule has 140 valence electrons. The Morgan fingerprint density at radius 3 is 2.71 bits per heavy atom. The lowest BCUT2D eigenvalue weighted by molar-refractivity contribution is -0.116. The van der Waals surface area contributed by atoms with Crippen molar-refractivity contribution in [2.75, 3.05) is 11.9 Å². The maximum atomic E-state index is 12.3. The molecule has 3 aromatic carbocycles. The number of nitrogens with zero attached hydrogens (tertiary/aromatic N) is 3.